The van der Waals surface area contributed by atoms with Crippen molar-refractivity contribution in [2.45, 2.75) is 32.7 Å². The van der Waals surface area contributed by atoms with Crippen LogP contribution in [0.2, 0.25) is 0 Å². The number of rotatable bonds is 5. The predicted octanol–water partition coefficient (Wildman–Crippen LogP) is 0.490. The first-order chi connectivity index (χ1) is 8.02. The molecule has 0 bridgehead atoms. The van der Waals surface area contributed by atoms with Crippen molar-refractivity contribution in [1.82, 2.24) is 0 Å². The molecule has 0 spiro atoms. The Morgan fingerprint density at radius 3 is 2.29 bits per heavy atom. The summed E-state index contributed by atoms with van der Waals surface area (Å²) in [5.74, 6) is -0.707. The third-order valence-corrected chi connectivity index (χ3v) is 2.56. The second-order valence-electron chi connectivity index (χ2n) is 3.94. The summed E-state index contributed by atoms with van der Waals surface area (Å²) in [6.07, 6.45) is -0.00489. The molecule has 0 saturated carbocycles. The molecule has 0 aromatic carbocycles. The Morgan fingerprint density at radius 2 is 1.76 bits per heavy atom. The number of ether oxygens (including phenoxy) is 4. The maximum absolute atomic E-state index is 10.7. The summed E-state index contributed by atoms with van der Waals surface area (Å²) in [4.78, 5) is 21.5. The topological polar surface area (TPSA) is 71.1 Å². The third kappa shape index (κ3) is 4.70. The zero-order valence-corrected chi connectivity index (χ0v) is 10.3. The van der Waals surface area contributed by atoms with Crippen molar-refractivity contribution in [3.05, 3.63) is 0 Å². The van der Waals surface area contributed by atoms with E-state index in [2.05, 4.69) is 0 Å². The van der Waals surface area contributed by atoms with Gasteiger partial charge in [-0.1, -0.05) is 0 Å². The standard InChI is InChI=1S/C11H18O6/c1-7(12)15-5-9-4-11(14-3)17-10(9)6-16-8(2)13/h9-11H,4-6H2,1-3H3/t9-,10-,11?/m1/s1. The summed E-state index contributed by atoms with van der Waals surface area (Å²) in [5, 5.41) is 0. The van der Waals surface area contributed by atoms with Gasteiger partial charge < -0.3 is 18.9 Å². The Hall–Kier alpha value is -1.14. The lowest BCUT2D eigenvalue weighted by atomic mass is 10.0. The Balaban J connectivity index is 2.45. The zero-order valence-electron chi connectivity index (χ0n) is 10.3. The molecule has 0 aromatic heterocycles. The van der Waals surface area contributed by atoms with Crippen LogP contribution in [-0.4, -0.2) is 44.7 Å². The number of esters is 2. The molecule has 1 rings (SSSR count). The van der Waals surface area contributed by atoms with Gasteiger partial charge in [0, 0.05) is 33.3 Å². The predicted molar refractivity (Wildman–Crippen MR) is 57.0 cm³/mol. The van der Waals surface area contributed by atoms with Crippen LogP contribution in [-0.2, 0) is 28.5 Å². The van der Waals surface area contributed by atoms with Gasteiger partial charge in [-0.2, -0.15) is 0 Å². The van der Waals surface area contributed by atoms with Crippen LogP contribution >= 0.6 is 0 Å². The minimum Gasteiger partial charge on any atom is -0.465 e. The van der Waals surface area contributed by atoms with E-state index in [0.717, 1.165) is 0 Å². The molecule has 1 unspecified atom stereocenters. The highest BCUT2D eigenvalue weighted by atomic mass is 16.7. The summed E-state index contributed by atoms with van der Waals surface area (Å²) < 4.78 is 20.4. The van der Waals surface area contributed by atoms with E-state index in [0.29, 0.717) is 6.42 Å². The van der Waals surface area contributed by atoms with E-state index < -0.39 is 0 Å². The molecule has 1 fully saturated rings. The van der Waals surface area contributed by atoms with Crippen LogP contribution in [0.25, 0.3) is 0 Å². The van der Waals surface area contributed by atoms with Gasteiger partial charge in [-0.25, -0.2) is 0 Å². The summed E-state index contributed by atoms with van der Waals surface area (Å²) in [6, 6.07) is 0. The average molecular weight is 246 g/mol. The lowest BCUT2D eigenvalue weighted by Gasteiger charge is -2.17. The Morgan fingerprint density at radius 1 is 1.18 bits per heavy atom. The van der Waals surface area contributed by atoms with Gasteiger partial charge in [-0.15, -0.1) is 0 Å². The van der Waals surface area contributed by atoms with E-state index in [1.54, 1.807) is 7.11 Å². The van der Waals surface area contributed by atoms with E-state index in [-0.39, 0.29) is 43.5 Å². The Bertz CT molecular complexity index is 251. The van der Waals surface area contributed by atoms with Crippen LogP contribution in [0.5, 0.6) is 0 Å². The van der Waals surface area contributed by atoms with E-state index in [1.807, 2.05) is 0 Å². The largest absolute Gasteiger partial charge is 0.465 e. The fraction of sp³-hybridized carbons (Fsp3) is 0.818. The van der Waals surface area contributed by atoms with Crippen molar-refractivity contribution >= 4 is 11.9 Å². The molecule has 0 aromatic rings. The SMILES string of the molecule is COC1C[C@H](COC(C)=O)[C@@H](COC(C)=O)O1. The van der Waals surface area contributed by atoms with Crippen molar-refractivity contribution in [3.63, 3.8) is 0 Å². The van der Waals surface area contributed by atoms with Gasteiger partial charge in [0.2, 0.25) is 0 Å². The molecular formula is C11H18O6. The Labute approximate surface area is 100 Å². The third-order valence-electron chi connectivity index (χ3n) is 2.56. The molecule has 0 amide bonds. The van der Waals surface area contributed by atoms with Crippen molar-refractivity contribution in [2.24, 2.45) is 5.92 Å². The highest BCUT2D eigenvalue weighted by molar-refractivity contribution is 5.66. The molecule has 0 aliphatic carbocycles. The van der Waals surface area contributed by atoms with Crippen LogP contribution < -0.4 is 0 Å². The maximum atomic E-state index is 10.7. The zero-order chi connectivity index (χ0) is 12.8. The molecule has 0 N–H and O–H groups in total. The van der Waals surface area contributed by atoms with Crippen molar-refractivity contribution in [2.75, 3.05) is 20.3 Å². The molecule has 1 saturated heterocycles. The molecule has 6 heteroatoms. The minimum atomic E-state index is -0.360. The number of carbonyl (C=O) groups is 2. The lowest BCUT2D eigenvalue weighted by Crippen LogP contribution is -2.27. The molecule has 1 aliphatic heterocycles. The summed E-state index contributed by atoms with van der Waals surface area (Å²) >= 11 is 0. The molecule has 1 aliphatic rings. The summed E-state index contributed by atoms with van der Waals surface area (Å²) in [7, 11) is 1.54. The second kappa shape index (κ2) is 6.56. The molecule has 3 atom stereocenters. The molecule has 17 heavy (non-hydrogen) atoms. The number of hydrogen-bond acceptors (Lipinski definition) is 6. The van der Waals surface area contributed by atoms with Crippen LogP contribution in [0, 0.1) is 5.92 Å². The molecule has 98 valence electrons. The summed E-state index contributed by atoms with van der Waals surface area (Å²) in [6.45, 7) is 3.09. The second-order valence-corrected chi connectivity index (χ2v) is 3.94. The molecule has 1 heterocycles. The van der Waals surface area contributed by atoms with Gasteiger partial charge in [-0.05, 0) is 0 Å². The quantitative estimate of drug-likeness (QED) is 0.657. The highest BCUT2D eigenvalue weighted by Crippen LogP contribution is 2.27. The first-order valence-electron chi connectivity index (χ1n) is 5.48. The maximum Gasteiger partial charge on any atom is 0.302 e. The monoisotopic (exact) mass is 246 g/mol. The fourth-order valence-corrected chi connectivity index (χ4v) is 1.69. The number of hydrogen-bond donors (Lipinski definition) is 0. The van der Waals surface area contributed by atoms with Crippen LogP contribution in [0.3, 0.4) is 0 Å². The van der Waals surface area contributed by atoms with E-state index in [1.165, 1.54) is 13.8 Å². The van der Waals surface area contributed by atoms with Crippen LogP contribution in [0.1, 0.15) is 20.3 Å². The van der Waals surface area contributed by atoms with Gasteiger partial charge in [0.1, 0.15) is 12.7 Å². The van der Waals surface area contributed by atoms with Gasteiger partial charge in [0.15, 0.2) is 6.29 Å². The lowest BCUT2D eigenvalue weighted by molar-refractivity contribution is -0.156. The first kappa shape index (κ1) is 13.9. The summed E-state index contributed by atoms with van der Waals surface area (Å²) in [5.41, 5.74) is 0. The van der Waals surface area contributed by atoms with E-state index >= 15 is 0 Å². The normalized spacial score (nSPS) is 27.8. The van der Waals surface area contributed by atoms with Crippen molar-refractivity contribution in [3.8, 4) is 0 Å². The molecule has 0 radical (unpaired) electrons. The van der Waals surface area contributed by atoms with Gasteiger partial charge in [-0.3, -0.25) is 9.59 Å². The van der Waals surface area contributed by atoms with Gasteiger partial charge in [0.05, 0.1) is 6.61 Å². The molecular weight excluding hydrogens is 228 g/mol. The van der Waals surface area contributed by atoms with Crippen LogP contribution in [0.4, 0.5) is 0 Å². The molecule has 6 nitrogen and oxygen atoms in total. The first-order valence-corrected chi connectivity index (χ1v) is 5.48. The number of methoxy groups -OCH3 is 1. The van der Waals surface area contributed by atoms with Crippen molar-refractivity contribution < 1.29 is 28.5 Å². The van der Waals surface area contributed by atoms with Crippen LogP contribution in [0.15, 0.2) is 0 Å². The fourth-order valence-electron chi connectivity index (χ4n) is 1.69. The van der Waals surface area contributed by atoms with Gasteiger partial charge in [0.25, 0.3) is 0 Å². The van der Waals surface area contributed by atoms with E-state index in [9.17, 15) is 9.59 Å². The minimum absolute atomic E-state index is 0.0109. The highest BCUT2D eigenvalue weighted by Gasteiger charge is 2.36. The Kier molecular flexibility index (Phi) is 5.37. The smallest absolute Gasteiger partial charge is 0.302 e. The average Bonchev–Trinajstić information content (AvgIpc) is 2.66. The number of carbonyl (C=O) groups excluding carboxylic acids is 2. The van der Waals surface area contributed by atoms with E-state index in [4.69, 9.17) is 18.9 Å². The van der Waals surface area contributed by atoms with Gasteiger partial charge >= 0.3 is 11.9 Å². The van der Waals surface area contributed by atoms with Crippen molar-refractivity contribution in [1.29, 1.82) is 0 Å².